The van der Waals surface area contributed by atoms with Gasteiger partial charge in [0.05, 0.1) is 16.3 Å². The Labute approximate surface area is 207 Å². The van der Waals surface area contributed by atoms with Crippen LogP contribution >= 0.6 is 11.6 Å². The minimum absolute atomic E-state index is 0.0142. The molecule has 0 atom stereocenters. The van der Waals surface area contributed by atoms with Gasteiger partial charge in [-0.25, -0.2) is 4.98 Å². The molecule has 0 spiro atoms. The molecule has 2 aromatic carbocycles. The number of aromatic nitrogens is 4. The van der Waals surface area contributed by atoms with Crippen LogP contribution in [0.2, 0.25) is 5.02 Å². The molecule has 1 amide bonds. The van der Waals surface area contributed by atoms with Gasteiger partial charge in [-0.15, -0.1) is 0 Å². The number of carbonyl (C=O) groups is 1. The van der Waals surface area contributed by atoms with E-state index in [-0.39, 0.29) is 34.8 Å². The predicted octanol–water partition coefficient (Wildman–Crippen LogP) is 4.63. The summed E-state index contributed by atoms with van der Waals surface area (Å²) in [7, 11) is 0. The standard InChI is InChI=1S/C26H26ClN5O3/c1-2-11-26(12-13-26)16-28-24(34)22-19(27)9-6-10-20(22)35-15-18-14-21(33)32-25(29-18)30-23(31-32)17-7-4-3-5-8-17/h3-10,14H,2,11-13,15-16H2,1H3,(H,28,34)(H,29,30,31). The van der Waals surface area contributed by atoms with Gasteiger partial charge < -0.3 is 10.1 Å². The highest BCUT2D eigenvalue weighted by Gasteiger charge is 2.41. The number of ether oxygens (including phenoxy) is 1. The van der Waals surface area contributed by atoms with Crippen molar-refractivity contribution in [3.05, 3.63) is 81.2 Å². The van der Waals surface area contributed by atoms with Crippen LogP contribution in [0.3, 0.4) is 0 Å². The molecule has 0 saturated heterocycles. The van der Waals surface area contributed by atoms with Crippen LogP contribution in [-0.4, -0.2) is 32.0 Å². The van der Waals surface area contributed by atoms with E-state index in [1.807, 2.05) is 30.3 Å². The van der Waals surface area contributed by atoms with Crippen molar-refractivity contribution >= 4 is 23.3 Å². The third-order valence-corrected chi connectivity index (χ3v) is 6.69. The second-order valence-electron chi connectivity index (χ2n) is 8.99. The fourth-order valence-electron chi connectivity index (χ4n) is 4.30. The van der Waals surface area contributed by atoms with Crippen molar-refractivity contribution in [2.45, 2.75) is 39.2 Å². The number of nitrogens with one attached hydrogen (secondary N) is 2. The topological polar surface area (TPSA) is 101 Å². The van der Waals surface area contributed by atoms with Crippen molar-refractivity contribution in [1.29, 1.82) is 0 Å². The SMILES string of the molecule is CCCC1(CNC(=O)c2c(Cl)cccc2OCc2cc(=O)n3[nH]c(-c4ccccc4)nc3n2)CC1. The number of aromatic amines is 1. The van der Waals surface area contributed by atoms with Gasteiger partial charge in [0.1, 0.15) is 12.4 Å². The lowest BCUT2D eigenvalue weighted by molar-refractivity contribution is 0.0939. The van der Waals surface area contributed by atoms with Crippen LogP contribution in [0.25, 0.3) is 17.2 Å². The molecule has 8 nitrogen and oxygen atoms in total. The summed E-state index contributed by atoms with van der Waals surface area (Å²) in [5, 5.41) is 6.31. The van der Waals surface area contributed by atoms with Crippen molar-refractivity contribution in [2.75, 3.05) is 6.54 Å². The van der Waals surface area contributed by atoms with E-state index >= 15 is 0 Å². The number of rotatable bonds is 9. The quantitative estimate of drug-likeness (QED) is 0.355. The molecule has 0 radical (unpaired) electrons. The van der Waals surface area contributed by atoms with E-state index in [2.05, 4.69) is 27.3 Å². The van der Waals surface area contributed by atoms with Crippen LogP contribution in [0, 0.1) is 5.41 Å². The zero-order chi connectivity index (χ0) is 24.4. The lowest BCUT2D eigenvalue weighted by Gasteiger charge is -2.17. The molecule has 4 aromatic rings. The number of carbonyl (C=O) groups excluding carboxylic acids is 1. The van der Waals surface area contributed by atoms with E-state index < -0.39 is 0 Å². The Morgan fingerprint density at radius 1 is 1.17 bits per heavy atom. The monoisotopic (exact) mass is 491 g/mol. The Morgan fingerprint density at radius 2 is 1.97 bits per heavy atom. The van der Waals surface area contributed by atoms with Gasteiger partial charge in [-0.1, -0.05) is 61.3 Å². The lowest BCUT2D eigenvalue weighted by atomic mass is 10.0. The van der Waals surface area contributed by atoms with Crippen molar-refractivity contribution in [3.8, 4) is 17.1 Å². The highest BCUT2D eigenvalue weighted by atomic mass is 35.5. The smallest absolute Gasteiger partial charge is 0.274 e. The van der Waals surface area contributed by atoms with E-state index in [4.69, 9.17) is 16.3 Å². The Hall–Kier alpha value is -3.65. The van der Waals surface area contributed by atoms with E-state index in [9.17, 15) is 9.59 Å². The molecule has 1 aliphatic rings. The third-order valence-electron chi connectivity index (χ3n) is 6.37. The molecule has 1 fully saturated rings. The molecule has 1 saturated carbocycles. The first-order valence-electron chi connectivity index (χ1n) is 11.7. The van der Waals surface area contributed by atoms with E-state index in [1.54, 1.807) is 18.2 Å². The minimum atomic E-state index is -0.307. The zero-order valence-electron chi connectivity index (χ0n) is 19.4. The number of halogens is 1. The average Bonchev–Trinajstić information content (AvgIpc) is 3.48. The van der Waals surface area contributed by atoms with Gasteiger partial charge in [0.15, 0.2) is 5.82 Å². The van der Waals surface area contributed by atoms with E-state index in [0.29, 0.717) is 28.8 Å². The number of amides is 1. The summed E-state index contributed by atoms with van der Waals surface area (Å²) >= 11 is 6.37. The summed E-state index contributed by atoms with van der Waals surface area (Å²) in [5.74, 6) is 0.851. The molecule has 0 aliphatic heterocycles. The molecular formula is C26H26ClN5O3. The number of nitrogens with zero attached hydrogens (tertiary/aromatic N) is 3. The minimum Gasteiger partial charge on any atom is -0.486 e. The summed E-state index contributed by atoms with van der Waals surface area (Å²) in [6.45, 7) is 2.77. The Balaban J connectivity index is 1.34. The maximum atomic E-state index is 13.0. The first-order chi connectivity index (χ1) is 17.0. The molecule has 5 rings (SSSR count). The van der Waals surface area contributed by atoms with Crippen LogP contribution in [0.4, 0.5) is 0 Å². The first kappa shape index (κ1) is 23.1. The van der Waals surface area contributed by atoms with Gasteiger partial charge in [-0.05, 0) is 36.8 Å². The molecule has 35 heavy (non-hydrogen) atoms. The zero-order valence-corrected chi connectivity index (χ0v) is 20.1. The van der Waals surface area contributed by atoms with Gasteiger partial charge in [0, 0.05) is 18.2 Å². The normalized spacial score (nSPS) is 14.1. The Morgan fingerprint density at radius 3 is 2.71 bits per heavy atom. The number of hydrogen-bond donors (Lipinski definition) is 2. The molecular weight excluding hydrogens is 466 g/mol. The fraction of sp³-hybridized carbons (Fsp3) is 0.308. The largest absolute Gasteiger partial charge is 0.486 e. The summed E-state index contributed by atoms with van der Waals surface area (Å²) in [6.07, 6.45) is 4.46. The van der Waals surface area contributed by atoms with Gasteiger partial charge in [-0.2, -0.15) is 9.50 Å². The molecule has 9 heteroatoms. The summed E-state index contributed by atoms with van der Waals surface area (Å²) in [6, 6.07) is 15.9. The molecule has 0 bridgehead atoms. The molecule has 2 heterocycles. The van der Waals surface area contributed by atoms with Crippen molar-refractivity contribution in [3.63, 3.8) is 0 Å². The van der Waals surface area contributed by atoms with Crippen molar-refractivity contribution in [2.24, 2.45) is 5.41 Å². The van der Waals surface area contributed by atoms with Gasteiger partial charge in [-0.3, -0.25) is 14.7 Å². The first-order valence-corrected chi connectivity index (χ1v) is 12.1. The second kappa shape index (κ2) is 9.54. The fourth-order valence-corrected chi connectivity index (χ4v) is 4.55. The van der Waals surface area contributed by atoms with Crippen molar-refractivity contribution in [1.82, 2.24) is 24.9 Å². The van der Waals surface area contributed by atoms with Gasteiger partial charge in [0.25, 0.3) is 17.2 Å². The second-order valence-corrected chi connectivity index (χ2v) is 9.40. The summed E-state index contributed by atoms with van der Waals surface area (Å²) in [5.41, 5.74) is 1.43. The van der Waals surface area contributed by atoms with Gasteiger partial charge in [0.2, 0.25) is 0 Å². The van der Waals surface area contributed by atoms with Crippen LogP contribution in [0.5, 0.6) is 5.75 Å². The maximum Gasteiger partial charge on any atom is 0.274 e. The number of H-pyrrole nitrogens is 1. The Kier molecular flexibility index (Phi) is 6.30. The molecule has 2 aromatic heterocycles. The van der Waals surface area contributed by atoms with Gasteiger partial charge >= 0.3 is 0 Å². The van der Waals surface area contributed by atoms with E-state index in [0.717, 1.165) is 31.2 Å². The third kappa shape index (κ3) is 4.93. The lowest BCUT2D eigenvalue weighted by Crippen LogP contribution is -2.30. The van der Waals surface area contributed by atoms with E-state index in [1.165, 1.54) is 10.6 Å². The number of fused-ring (bicyclic) bond motifs is 1. The van der Waals surface area contributed by atoms with Crippen molar-refractivity contribution < 1.29 is 9.53 Å². The molecule has 1 aliphatic carbocycles. The van der Waals surface area contributed by atoms with Crippen LogP contribution in [0.1, 0.15) is 48.7 Å². The summed E-state index contributed by atoms with van der Waals surface area (Å²) < 4.78 is 7.21. The molecule has 0 unspecified atom stereocenters. The number of hydrogen-bond acceptors (Lipinski definition) is 5. The Bertz CT molecular complexity index is 1430. The highest BCUT2D eigenvalue weighted by molar-refractivity contribution is 6.34. The summed E-state index contributed by atoms with van der Waals surface area (Å²) in [4.78, 5) is 34.5. The average molecular weight is 492 g/mol. The maximum absolute atomic E-state index is 13.0. The molecule has 2 N–H and O–H groups in total. The van der Waals surface area contributed by atoms with Crippen LogP contribution in [0.15, 0.2) is 59.4 Å². The van der Waals surface area contributed by atoms with Crippen LogP contribution in [-0.2, 0) is 6.61 Å². The molecule has 180 valence electrons. The predicted molar refractivity (Wildman–Crippen MR) is 134 cm³/mol. The number of benzene rings is 2. The van der Waals surface area contributed by atoms with Crippen LogP contribution < -0.4 is 15.6 Å². The highest BCUT2D eigenvalue weighted by Crippen LogP contribution is 2.49.